The summed E-state index contributed by atoms with van der Waals surface area (Å²) in [4.78, 5) is 17.5. The van der Waals surface area contributed by atoms with Crippen LogP contribution in [0.15, 0.2) is 29.2 Å². The van der Waals surface area contributed by atoms with Gasteiger partial charge in [-0.2, -0.15) is 10.2 Å². The number of rotatable bonds is 4. The Morgan fingerprint density at radius 2 is 2.07 bits per heavy atom. The molecule has 9 heteroatoms. The molecule has 0 aliphatic rings. The summed E-state index contributed by atoms with van der Waals surface area (Å²) >= 11 is 0. The van der Waals surface area contributed by atoms with Gasteiger partial charge in [0, 0.05) is 31.5 Å². The number of nitrogens with zero attached hydrogens (tertiary/aromatic N) is 6. The van der Waals surface area contributed by atoms with Crippen LogP contribution in [0.5, 0.6) is 0 Å². The zero-order valence-corrected chi connectivity index (χ0v) is 15.5. The maximum atomic E-state index is 13.1. The molecule has 0 bridgehead atoms. The van der Waals surface area contributed by atoms with Gasteiger partial charge in [-0.3, -0.25) is 14.2 Å². The van der Waals surface area contributed by atoms with Crippen molar-refractivity contribution in [2.24, 2.45) is 7.05 Å². The molecule has 0 unspecified atom stereocenters. The lowest BCUT2D eigenvalue weighted by Crippen LogP contribution is -2.13. The molecule has 0 radical (unpaired) electrons. The van der Waals surface area contributed by atoms with Crippen LogP contribution in [-0.4, -0.2) is 35.6 Å². The van der Waals surface area contributed by atoms with Gasteiger partial charge in [0.1, 0.15) is 0 Å². The van der Waals surface area contributed by atoms with Crippen LogP contribution in [0.3, 0.4) is 0 Å². The van der Waals surface area contributed by atoms with Gasteiger partial charge in [0.25, 0.3) is 11.6 Å². The number of nitrogens with one attached hydrogen (secondary N) is 1. The maximum absolute atomic E-state index is 13.1. The average molecular weight is 365 g/mol. The van der Waals surface area contributed by atoms with Crippen LogP contribution in [0.2, 0.25) is 0 Å². The molecule has 0 saturated carbocycles. The third kappa shape index (κ3) is 2.97. The maximum Gasteiger partial charge on any atom is 0.259 e. The number of carbonyl (C=O) groups is 1. The van der Waals surface area contributed by atoms with E-state index >= 15 is 0 Å². The van der Waals surface area contributed by atoms with Gasteiger partial charge < -0.3 is 9.84 Å². The first-order chi connectivity index (χ1) is 13.0. The SMILES string of the molecule is CCn1cc(NC(=O)c2cc(-c3cnn(C)c3)nc3onc(C)c23)c(C)n1. The molecule has 4 heterocycles. The number of fused-ring (bicyclic) bond motifs is 1. The first-order valence-electron chi connectivity index (χ1n) is 8.57. The van der Waals surface area contributed by atoms with Gasteiger partial charge in [0.15, 0.2) is 0 Å². The second-order valence-electron chi connectivity index (χ2n) is 6.34. The Balaban J connectivity index is 1.80. The van der Waals surface area contributed by atoms with Gasteiger partial charge in [-0.25, -0.2) is 4.98 Å². The number of hydrogen-bond donors (Lipinski definition) is 1. The van der Waals surface area contributed by atoms with Gasteiger partial charge in [-0.15, -0.1) is 0 Å². The van der Waals surface area contributed by atoms with E-state index in [0.29, 0.717) is 33.7 Å². The number of anilines is 1. The fourth-order valence-electron chi connectivity index (χ4n) is 2.97. The summed E-state index contributed by atoms with van der Waals surface area (Å²) in [5.74, 6) is -0.266. The van der Waals surface area contributed by atoms with E-state index in [2.05, 4.69) is 25.7 Å². The van der Waals surface area contributed by atoms with E-state index in [1.54, 1.807) is 28.6 Å². The van der Waals surface area contributed by atoms with Crippen LogP contribution in [-0.2, 0) is 13.6 Å². The fourth-order valence-corrected chi connectivity index (χ4v) is 2.97. The normalized spacial score (nSPS) is 11.3. The minimum absolute atomic E-state index is 0.266. The zero-order chi connectivity index (χ0) is 19.1. The van der Waals surface area contributed by atoms with Gasteiger partial charge >= 0.3 is 0 Å². The van der Waals surface area contributed by atoms with Gasteiger partial charge in [0.05, 0.1) is 39.9 Å². The number of amides is 1. The Kier molecular flexibility index (Phi) is 3.98. The van der Waals surface area contributed by atoms with Crippen molar-refractivity contribution in [1.82, 2.24) is 29.7 Å². The molecule has 9 nitrogen and oxygen atoms in total. The molecule has 4 aromatic rings. The smallest absolute Gasteiger partial charge is 0.259 e. The molecule has 1 N–H and O–H groups in total. The van der Waals surface area contributed by atoms with E-state index in [4.69, 9.17) is 4.52 Å². The Bertz CT molecular complexity index is 1150. The predicted molar refractivity (Wildman–Crippen MR) is 99.3 cm³/mol. The van der Waals surface area contributed by atoms with E-state index in [1.807, 2.05) is 33.3 Å². The van der Waals surface area contributed by atoms with Gasteiger partial charge in [-0.05, 0) is 26.8 Å². The number of aromatic nitrogens is 6. The highest BCUT2D eigenvalue weighted by Crippen LogP contribution is 2.27. The lowest BCUT2D eigenvalue weighted by Gasteiger charge is -2.07. The second kappa shape index (κ2) is 6.35. The van der Waals surface area contributed by atoms with Crippen molar-refractivity contribution in [3.8, 4) is 11.3 Å². The highest BCUT2D eigenvalue weighted by Gasteiger charge is 2.21. The third-order valence-electron chi connectivity index (χ3n) is 4.38. The predicted octanol–water partition coefficient (Wildman–Crippen LogP) is 2.71. The molecule has 138 valence electrons. The van der Waals surface area contributed by atoms with Crippen molar-refractivity contribution in [3.05, 3.63) is 41.6 Å². The highest BCUT2D eigenvalue weighted by atomic mass is 16.5. The minimum atomic E-state index is -0.266. The largest absolute Gasteiger partial charge is 0.335 e. The molecule has 0 aliphatic heterocycles. The molecule has 0 fully saturated rings. The first-order valence-corrected chi connectivity index (χ1v) is 8.57. The van der Waals surface area contributed by atoms with Gasteiger partial charge in [-0.1, -0.05) is 5.16 Å². The van der Waals surface area contributed by atoms with E-state index in [-0.39, 0.29) is 5.91 Å². The number of carbonyl (C=O) groups excluding carboxylic acids is 1. The summed E-state index contributed by atoms with van der Waals surface area (Å²) in [6, 6.07) is 1.73. The number of pyridine rings is 1. The molecule has 0 aliphatic carbocycles. The number of aryl methyl sites for hydroxylation is 4. The molecule has 1 amide bonds. The molecule has 0 atom stereocenters. The Morgan fingerprint density at radius 1 is 1.26 bits per heavy atom. The third-order valence-corrected chi connectivity index (χ3v) is 4.38. The molecule has 27 heavy (non-hydrogen) atoms. The monoisotopic (exact) mass is 365 g/mol. The second-order valence-corrected chi connectivity index (χ2v) is 6.34. The fraction of sp³-hybridized carbons (Fsp3) is 0.278. The minimum Gasteiger partial charge on any atom is -0.335 e. The molecule has 0 aromatic carbocycles. The van der Waals surface area contributed by atoms with E-state index in [1.165, 1.54) is 0 Å². The molecule has 0 spiro atoms. The van der Waals surface area contributed by atoms with E-state index in [0.717, 1.165) is 17.8 Å². The Labute approximate surface area is 155 Å². The van der Waals surface area contributed by atoms with Crippen LogP contribution in [0.4, 0.5) is 5.69 Å². The average Bonchev–Trinajstić information content (AvgIpc) is 3.34. The van der Waals surface area contributed by atoms with Crippen molar-refractivity contribution < 1.29 is 9.32 Å². The van der Waals surface area contributed by atoms with Gasteiger partial charge in [0.2, 0.25) is 0 Å². The van der Waals surface area contributed by atoms with Crippen molar-refractivity contribution in [2.75, 3.05) is 5.32 Å². The molecular weight excluding hydrogens is 346 g/mol. The highest BCUT2D eigenvalue weighted by molar-refractivity contribution is 6.13. The Morgan fingerprint density at radius 3 is 2.74 bits per heavy atom. The summed E-state index contributed by atoms with van der Waals surface area (Å²) in [7, 11) is 1.82. The van der Waals surface area contributed by atoms with Crippen LogP contribution in [0.1, 0.15) is 28.7 Å². The van der Waals surface area contributed by atoms with Crippen molar-refractivity contribution >= 4 is 22.7 Å². The van der Waals surface area contributed by atoms with Crippen LogP contribution in [0, 0.1) is 13.8 Å². The van der Waals surface area contributed by atoms with E-state index in [9.17, 15) is 4.79 Å². The zero-order valence-electron chi connectivity index (χ0n) is 15.5. The topological polar surface area (TPSA) is 104 Å². The van der Waals surface area contributed by atoms with Crippen LogP contribution >= 0.6 is 0 Å². The lowest BCUT2D eigenvalue weighted by molar-refractivity contribution is 0.102. The summed E-state index contributed by atoms with van der Waals surface area (Å²) in [6.07, 6.45) is 5.33. The molecule has 0 saturated heterocycles. The summed E-state index contributed by atoms with van der Waals surface area (Å²) in [6.45, 7) is 6.36. The first kappa shape index (κ1) is 17.0. The quantitative estimate of drug-likeness (QED) is 0.596. The molecule has 4 rings (SSSR count). The van der Waals surface area contributed by atoms with Crippen molar-refractivity contribution in [2.45, 2.75) is 27.3 Å². The summed E-state index contributed by atoms with van der Waals surface area (Å²) in [5.41, 5.74) is 4.19. The summed E-state index contributed by atoms with van der Waals surface area (Å²) < 4.78 is 8.77. The lowest BCUT2D eigenvalue weighted by atomic mass is 10.1. The summed E-state index contributed by atoms with van der Waals surface area (Å²) in [5, 5.41) is 16.0. The van der Waals surface area contributed by atoms with E-state index < -0.39 is 0 Å². The molecular formula is C18H19N7O2. The van der Waals surface area contributed by atoms with Crippen LogP contribution < -0.4 is 5.32 Å². The van der Waals surface area contributed by atoms with Crippen LogP contribution in [0.25, 0.3) is 22.4 Å². The molecule has 4 aromatic heterocycles. The Hall–Kier alpha value is -3.49. The number of hydrogen-bond acceptors (Lipinski definition) is 6. The van der Waals surface area contributed by atoms with Crippen molar-refractivity contribution in [3.63, 3.8) is 0 Å². The van der Waals surface area contributed by atoms with Crippen molar-refractivity contribution in [1.29, 1.82) is 0 Å². The standard InChI is InChI=1S/C18H19N7O2/c1-5-25-9-15(10(2)22-25)20-17(26)13-6-14(12-7-19-24(4)8-12)21-18-16(13)11(3)23-27-18/h6-9H,5H2,1-4H3,(H,20,26).